The van der Waals surface area contributed by atoms with Gasteiger partial charge < -0.3 is 15.4 Å². The number of alkyl halides is 3. The van der Waals surface area contributed by atoms with Gasteiger partial charge in [0, 0.05) is 25.8 Å². The third-order valence-corrected chi connectivity index (χ3v) is 3.67. The summed E-state index contributed by atoms with van der Waals surface area (Å²) in [6.07, 6.45) is -1.29. The smallest absolute Gasteiger partial charge is 0.384 e. The number of nitrogens with one attached hydrogen (secondary N) is 2. The Morgan fingerprint density at radius 1 is 1.21 bits per heavy atom. The normalized spacial score (nSPS) is 11.6. The fourth-order valence-electron chi connectivity index (χ4n) is 2.44. The quantitative estimate of drug-likeness (QED) is 0.644. The molecule has 0 aliphatic carbocycles. The van der Waals surface area contributed by atoms with Gasteiger partial charge in [-0.2, -0.15) is 17.6 Å². The molecule has 0 saturated heterocycles. The van der Waals surface area contributed by atoms with E-state index in [4.69, 9.17) is 4.74 Å². The number of aromatic nitrogens is 4. The molecule has 12 heteroatoms. The lowest BCUT2D eigenvalue weighted by molar-refractivity contribution is -0.137. The van der Waals surface area contributed by atoms with Gasteiger partial charge >= 0.3 is 12.2 Å². The fourth-order valence-corrected chi connectivity index (χ4v) is 2.44. The number of nitrogens with zero attached hydrogens (tertiary/aromatic N) is 4. The molecule has 148 valence electrons. The molecule has 8 nitrogen and oxygen atoms in total. The van der Waals surface area contributed by atoms with Crippen molar-refractivity contribution >= 4 is 23.1 Å². The third-order valence-electron chi connectivity index (χ3n) is 3.67. The number of hydrogen-bond acceptors (Lipinski definition) is 5. The van der Waals surface area contributed by atoms with Crippen LogP contribution < -0.4 is 10.6 Å². The number of anilines is 2. The minimum atomic E-state index is -4.59. The number of pyridine rings is 1. The number of amides is 2. The molecule has 3 aromatic heterocycles. The molecule has 28 heavy (non-hydrogen) atoms. The van der Waals surface area contributed by atoms with Crippen LogP contribution in [0.25, 0.3) is 5.65 Å². The highest BCUT2D eigenvalue weighted by molar-refractivity contribution is 6.00. The monoisotopic (exact) mass is 398 g/mol. The zero-order valence-electron chi connectivity index (χ0n) is 14.4. The molecular formula is C16H14F4N6O2. The molecule has 2 N–H and O–H groups in total. The van der Waals surface area contributed by atoms with Crippen molar-refractivity contribution in [2.75, 3.05) is 24.4 Å². The number of carbonyl (C=O) groups is 1. The highest BCUT2D eigenvalue weighted by atomic mass is 19.4. The van der Waals surface area contributed by atoms with Gasteiger partial charge in [-0.25, -0.2) is 14.3 Å². The van der Waals surface area contributed by atoms with Gasteiger partial charge in [0.15, 0.2) is 5.65 Å². The van der Waals surface area contributed by atoms with Crippen LogP contribution in [0.4, 0.5) is 33.7 Å². The molecule has 0 spiro atoms. The summed E-state index contributed by atoms with van der Waals surface area (Å²) in [6.45, 7) is 0.258. The topological polar surface area (TPSA) is 93.4 Å². The number of rotatable bonds is 5. The van der Waals surface area contributed by atoms with Crippen LogP contribution in [0.3, 0.4) is 0 Å². The summed E-state index contributed by atoms with van der Waals surface area (Å²) >= 11 is 0. The summed E-state index contributed by atoms with van der Waals surface area (Å²) in [6, 6.07) is 1.05. The van der Waals surface area contributed by atoms with E-state index in [2.05, 4.69) is 25.7 Å². The molecular weight excluding hydrogens is 384 g/mol. The molecule has 3 rings (SSSR count). The summed E-state index contributed by atoms with van der Waals surface area (Å²) in [4.78, 5) is 19.7. The molecule has 0 bridgehead atoms. The average molecular weight is 398 g/mol. The number of halogens is 4. The van der Waals surface area contributed by atoms with Crippen LogP contribution in [0, 0.1) is 5.95 Å². The zero-order chi connectivity index (χ0) is 20.3. The van der Waals surface area contributed by atoms with Crippen molar-refractivity contribution in [3.05, 3.63) is 47.9 Å². The predicted octanol–water partition coefficient (Wildman–Crippen LogP) is 3.12. The van der Waals surface area contributed by atoms with Crippen molar-refractivity contribution in [3.8, 4) is 0 Å². The van der Waals surface area contributed by atoms with Crippen LogP contribution >= 0.6 is 0 Å². The van der Waals surface area contributed by atoms with Crippen LogP contribution in [-0.2, 0) is 17.3 Å². The second-order valence-corrected chi connectivity index (χ2v) is 5.64. The Kier molecular flexibility index (Phi) is 5.40. The number of urea groups is 1. The summed E-state index contributed by atoms with van der Waals surface area (Å²) in [5.74, 6) is -0.747. The van der Waals surface area contributed by atoms with Gasteiger partial charge in [0.25, 0.3) is 0 Å². The molecule has 0 aromatic carbocycles. The molecule has 2 amide bonds. The second-order valence-electron chi connectivity index (χ2n) is 5.64. The minimum absolute atomic E-state index is 0.148. The second kappa shape index (κ2) is 7.76. The van der Waals surface area contributed by atoms with E-state index >= 15 is 0 Å². The number of fused-ring (bicyclic) bond motifs is 1. The molecule has 0 aliphatic rings. The van der Waals surface area contributed by atoms with Gasteiger partial charge in [-0.1, -0.05) is 0 Å². The Balaban J connectivity index is 1.83. The van der Waals surface area contributed by atoms with Crippen molar-refractivity contribution in [3.63, 3.8) is 0 Å². The van der Waals surface area contributed by atoms with E-state index < -0.39 is 23.7 Å². The lowest BCUT2D eigenvalue weighted by Crippen LogP contribution is -2.22. The van der Waals surface area contributed by atoms with Gasteiger partial charge in [-0.15, -0.1) is 5.10 Å². The van der Waals surface area contributed by atoms with Crippen molar-refractivity contribution < 1.29 is 27.1 Å². The third kappa shape index (κ3) is 4.34. The summed E-state index contributed by atoms with van der Waals surface area (Å²) in [5.41, 5.74) is -0.305. The van der Waals surface area contributed by atoms with Crippen molar-refractivity contribution in [1.82, 2.24) is 19.6 Å². The average Bonchev–Trinajstić information content (AvgIpc) is 3.00. The van der Waals surface area contributed by atoms with Crippen LogP contribution in [0.2, 0.25) is 0 Å². The lowest BCUT2D eigenvalue weighted by atomic mass is 10.2. The first kappa shape index (κ1) is 19.5. The van der Waals surface area contributed by atoms with Crippen LogP contribution in [0.15, 0.2) is 30.7 Å². The summed E-state index contributed by atoms with van der Waals surface area (Å²) in [5, 5.41) is 8.41. The largest absolute Gasteiger partial charge is 0.417 e. The minimum Gasteiger partial charge on any atom is -0.384 e. The number of hydrogen-bond donors (Lipinski definition) is 2. The maximum atomic E-state index is 13.4. The Labute approximate surface area is 155 Å². The first-order chi connectivity index (χ1) is 13.3. The Morgan fingerprint density at radius 2 is 2.00 bits per heavy atom. The summed E-state index contributed by atoms with van der Waals surface area (Å²) < 4.78 is 57.9. The van der Waals surface area contributed by atoms with Gasteiger partial charge in [-0.05, 0) is 6.07 Å². The van der Waals surface area contributed by atoms with Crippen molar-refractivity contribution in [2.45, 2.75) is 12.6 Å². The van der Waals surface area contributed by atoms with E-state index in [1.807, 2.05) is 0 Å². The molecule has 0 unspecified atom stereocenters. The van der Waals surface area contributed by atoms with Crippen LogP contribution in [-0.4, -0.2) is 39.3 Å². The predicted molar refractivity (Wildman–Crippen MR) is 90.4 cm³/mol. The van der Waals surface area contributed by atoms with E-state index in [0.29, 0.717) is 11.9 Å². The summed E-state index contributed by atoms with van der Waals surface area (Å²) in [7, 11) is 1.47. The molecule has 3 aromatic rings. The Hall–Kier alpha value is -3.28. The zero-order valence-corrected chi connectivity index (χ0v) is 14.4. The van der Waals surface area contributed by atoms with Crippen molar-refractivity contribution in [1.29, 1.82) is 0 Å². The van der Waals surface area contributed by atoms with E-state index in [1.54, 1.807) is 0 Å². The fraction of sp³-hybridized carbons (Fsp3) is 0.250. The number of carbonyl (C=O) groups excluding carboxylic acids is 1. The van der Waals surface area contributed by atoms with E-state index in [-0.39, 0.29) is 30.0 Å². The van der Waals surface area contributed by atoms with Crippen LogP contribution in [0.5, 0.6) is 0 Å². The van der Waals surface area contributed by atoms with Gasteiger partial charge in [-0.3, -0.25) is 4.98 Å². The first-order valence-electron chi connectivity index (χ1n) is 7.90. The standard InChI is InChI=1S/C16H14F4N6O2/c1-28-3-2-12-11(8-22-14-5-13(17)25-26(12)14)24-15(27)23-10-4-9(6-21-7-10)16(18,19)20/h4-8H,2-3H2,1H3,(H2,23,24,27). The molecule has 0 saturated carbocycles. The van der Waals surface area contributed by atoms with E-state index in [1.165, 1.54) is 17.8 Å². The Bertz CT molecular complexity index is 1000. The molecule has 0 radical (unpaired) electrons. The maximum Gasteiger partial charge on any atom is 0.417 e. The first-order valence-corrected chi connectivity index (χ1v) is 7.90. The van der Waals surface area contributed by atoms with Crippen molar-refractivity contribution in [2.24, 2.45) is 0 Å². The van der Waals surface area contributed by atoms with E-state index in [9.17, 15) is 22.4 Å². The SMILES string of the molecule is COCCc1c(NC(=O)Nc2cncc(C(F)(F)F)c2)cnc2cc(F)nn12. The van der Waals surface area contributed by atoms with Gasteiger partial charge in [0.2, 0.25) is 5.95 Å². The Morgan fingerprint density at radius 3 is 2.71 bits per heavy atom. The van der Waals surface area contributed by atoms with Crippen LogP contribution in [0.1, 0.15) is 11.3 Å². The van der Waals surface area contributed by atoms with E-state index in [0.717, 1.165) is 18.3 Å². The maximum absolute atomic E-state index is 13.4. The number of methoxy groups -OCH3 is 1. The molecule has 0 fully saturated rings. The van der Waals surface area contributed by atoms with Gasteiger partial charge in [0.1, 0.15) is 0 Å². The molecule has 0 atom stereocenters. The molecule has 3 heterocycles. The highest BCUT2D eigenvalue weighted by Gasteiger charge is 2.31. The number of ether oxygens (including phenoxy) is 1. The highest BCUT2D eigenvalue weighted by Crippen LogP contribution is 2.30. The van der Waals surface area contributed by atoms with Gasteiger partial charge in [0.05, 0.1) is 41.6 Å². The lowest BCUT2D eigenvalue weighted by Gasteiger charge is -2.13. The molecule has 0 aliphatic heterocycles.